The number of imidazole rings is 1. The average Bonchev–Trinajstić information content (AvgIpc) is 2.47. The van der Waals surface area contributed by atoms with Crippen LogP contribution in [0.5, 0.6) is 0 Å². The summed E-state index contributed by atoms with van der Waals surface area (Å²) in [4.78, 5) is 4.08. The summed E-state index contributed by atoms with van der Waals surface area (Å²) in [6.07, 6.45) is 4.58. The molecule has 0 unspecified atom stereocenters. The van der Waals surface area contributed by atoms with Crippen LogP contribution in [0.4, 0.5) is 0 Å². The monoisotopic (exact) mass is 346 g/mol. The van der Waals surface area contributed by atoms with Gasteiger partial charge in [-0.05, 0) is 23.5 Å². The molecule has 0 N–H and O–H groups in total. The Kier molecular flexibility index (Phi) is 7.09. The molecule has 2 rings (SSSR count). The van der Waals surface area contributed by atoms with Gasteiger partial charge in [0, 0.05) is 0 Å². The standard InChI is InChI=1S/C9H9N3.Rb.Ru/c1-7(2)8-6-10-9-4-3-5-11-12(8)9;;/h4-5,7H,1-2H3;;/q-2;2*+1. The Labute approximate surface area is 145 Å². The summed E-state index contributed by atoms with van der Waals surface area (Å²) in [6.45, 7) is 4.19. The summed E-state index contributed by atoms with van der Waals surface area (Å²) in [5.74, 6) is 0.398. The van der Waals surface area contributed by atoms with E-state index in [0.717, 1.165) is 11.3 Å². The zero-order chi connectivity index (χ0) is 8.55. The van der Waals surface area contributed by atoms with E-state index in [1.165, 1.54) is 0 Å². The largest absolute Gasteiger partial charge is 1.00 e. The molecule has 2 heterocycles. The maximum Gasteiger partial charge on any atom is 1.00 e. The minimum atomic E-state index is 0. The Bertz CT molecular complexity index is 400. The third-order valence-corrected chi connectivity index (χ3v) is 1.74. The summed E-state index contributed by atoms with van der Waals surface area (Å²) in [7, 11) is 0. The van der Waals surface area contributed by atoms with Crippen molar-refractivity contribution in [1.82, 2.24) is 14.6 Å². The molecule has 14 heavy (non-hydrogen) atoms. The van der Waals surface area contributed by atoms with Gasteiger partial charge in [0.15, 0.2) is 0 Å². The van der Waals surface area contributed by atoms with Crippen LogP contribution < -0.4 is 58.2 Å². The first kappa shape index (κ1) is 15.0. The second kappa shape index (κ2) is 6.59. The van der Waals surface area contributed by atoms with E-state index in [2.05, 4.69) is 36.2 Å². The van der Waals surface area contributed by atoms with E-state index in [1.54, 1.807) is 16.8 Å². The first-order valence-corrected chi connectivity index (χ1v) is 3.91. The molecular formula is C9H9N3RbRu. The molecule has 0 spiro atoms. The van der Waals surface area contributed by atoms with Gasteiger partial charge in [0.1, 0.15) is 0 Å². The van der Waals surface area contributed by atoms with Gasteiger partial charge in [0.25, 0.3) is 0 Å². The van der Waals surface area contributed by atoms with E-state index < -0.39 is 0 Å². The summed E-state index contributed by atoms with van der Waals surface area (Å²) in [6, 6.07) is 4.67. The van der Waals surface area contributed by atoms with Crippen LogP contribution in [-0.4, -0.2) is 14.6 Å². The Morgan fingerprint density at radius 1 is 1.43 bits per heavy atom. The van der Waals surface area contributed by atoms with Crippen molar-refractivity contribution in [1.29, 1.82) is 0 Å². The van der Waals surface area contributed by atoms with Gasteiger partial charge >= 0.3 is 77.7 Å². The molecule has 0 aliphatic rings. The molecule has 1 radical (unpaired) electrons. The summed E-state index contributed by atoms with van der Waals surface area (Å²) < 4.78 is 1.79. The third-order valence-electron chi connectivity index (χ3n) is 1.74. The first-order chi connectivity index (χ1) is 5.79. The smallest absolute Gasteiger partial charge is 0.435 e. The van der Waals surface area contributed by atoms with Crippen molar-refractivity contribution < 1.29 is 77.7 Å². The van der Waals surface area contributed by atoms with Crippen LogP contribution in [0.3, 0.4) is 0 Å². The van der Waals surface area contributed by atoms with Gasteiger partial charge in [-0.25, -0.2) is 11.2 Å². The number of rotatable bonds is 1. The van der Waals surface area contributed by atoms with Crippen LogP contribution >= 0.6 is 0 Å². The molecule has 0 saturated heterocycles. The molecule has 0 aromatic carbocycles. The maximum absolute atomic E-state index is 4.13. The number of fused-ring (bicyclic) bond motifs is 1. The van der Waals surface area contributed by atoms with Crippen molar-refractivity contribution in [2.24, 2.45) is 0 Å². The predicted octanol–water partition coefficient (Wildman–Crippen LogP) is -1.55. The van der Waals surface area contributed by atoms with Gasteiger partial charge < -0.3 is 9.50 Å². The SMILES string of the molecule is CC(C)c1[c-]nc2c[c-]cnn12.[Rb+].[Ru+]. The van der Waals surface area contributed by atoms with Crippen LogP contribution in [0.1, 0.15) is 25.5 Å². The van der Waals surface area contributed by atoms with Crippen molar-refractivity contribution >= 4 is 5.65 Å². The van der Waals surface area contributed by atoms with Crippen molar-refractivity contribution in [3.05, 3.63) is 30.2 Å². The Hall–Kier alpha value is 1.05. The molecule has 0 saturated carbocycles. The maximum atomic E-state index is 4.13. The predicted molar refractivity (Wildman–Crippen MR) is 44.7 cm³/mol. The van der Waals surface area contributed by atoms with Gasteiger partial charge in [0.2, 0.25) is 0 Å². The molecule has 0 aliphatic carbocycles. The van der Waals surface area contributed by atoms with E-state index in [0.29, 0.717) is 5.92 Å². The second-order valence-corrected chi connectivity index (χ2v) is 2.99. The van der Waals surface area contributed by atoms with Crippen LogP contribution in [0.2, 0.25) is 0 Å². The topological polar surface area (TPSA) is 30.2 Å². The Morgan fingerprint density at radius 3 is 2.79 bits per heavy atom. The first-order valence-electron chi connectivity index (χ1n) is 3.91. The molecule has 2 aromatic heterocycles. The van der Waals surface area contributed by atoms with Crippen molar-refractivity contribution in [3.63, 3.8) is 0 Å². The van der Waals surface area contributed by atoms with Gasteiger partial charge in [0.05, 0.1) is 0 Å². The quantitative estimate of drug-likeness (QED) is 0.463. The summed E-state index contributed by atoms with van der Waals surface area (Å²) in [5.41, 5.74) is 1.82. The molecule has 2 aromatic rings. The van der Waals surface area contributed by atoms with Crippen molar-refractivity contribution in [2.75, 3.05) is 0 Å². The number of aromatic nitrogens is 3. The zero-order valence-electron chi connectivity index (χ0n) is 8.43. The zero-order valence-corrected chi connectivity index (χ0v) is 15.1. The van der Waals surface area contributed by atoms with Gasteiger partial charge in [-0.3, -0.25) is 0 Å². The van der Waals surface area contributed by atoms with E-state index in [1.807, 2.05) is 0 Å². The van der Waals surface area contributed by atoms with E-state index in [4.69, 9.17) is 0 Å². The molecule has 0 fully saturated rings. The molecule has 3 nitrogen and oxygen atoms in total. The van der Waals surface area contributed by atoms with E-state index in [-0.39, 0.29) is 77.7 Å². The fourth-order valence-corrected chi connectivity index (χ4v) is 1.12. The molecule has 0 bridgehead atoms. The molecule has 69 valence electrons. The fraction of sp³-hybridized carbons (Fsp3) is 0.333. The van der Waals surface area contributed by atoms with Crippen molar-refractivity contribution in [3.8, 4) is 0 Å². The Morgan fingerprint density at radius 2 is 2.14 bits per heavy atom. The van der Waals surface area contributed by atoms with Gasteiger partial charge in [-0.15, -0.1) is 6.20 Å². The van der Waals surface area contributed by atoms with Crippen LogP contribution in [-0.2, 0) is 19.5 Å². The number of hydrogen-bond donors (Lipinski definition) is 0. The van der Waals surface area contributed by atoms with Crippen LogP contribution in [0.25, 0.3) is 5.65 Å². The third kappa shape index (κ3) is 3.02. The summed E-state index contributed by atoms with van der Waals surface area (Å²) >= 11 is 0. The number of nitrogens with zero attached hydrogens (tertiary/aromatic N) is 3. The molecule has 0 atom stereocenters. The summed E-state index contributed by atoms with van der Waals surface area (Å²) in [5, 5.41) is 4.13. The average molecular weight is 346 g/mol. The fourth-order valence-electron chi connectivity index (χ4n) is 1.12. The van der Waals surface area contributed by atoms with Crippen LogP contribution in [0.15, 0.2) is 12.3 Å². The van der Waals surface area contributed by atoms with Crippen molar-refractivity contribution in [2.45, 2.75) is 19.8 Å². The van der Waals surface area contributed by atoms with E-state index >= 15 is 0 Å². The van der Waals surface area contributed by atoms with Crippen LogP contribution in [0, 0.1) is 12.3 Å². The second-order valence-electron chi connectivity index (χ2n) is 2.99. The minimum Gasteiger partial charge on any atom is -0.435 e. The molecule has 0 amide bonds. The number of hydrogen-bond acceptors (Lipinski definition) is 2. The Balaban J connectivity index is 0.000000845. The molecular weight excluding hydrogens is 337 g/mol. The van der Waals surface area contributed by atoms with E-state index in [9.17, 15) is 0 Å². The molecule has 5 heteroatoms. The normalized spacial score (nSPS) is 9.64. The minimum absolute atomic E-state index is 0. The molecule has 0 aliphatic heterocycles. The van der Waals surface area contributed by atoms with Gasteiger partial charge in [-0.1, -0.05) is 13.8 Å². The van der Waals surface area contributed by atoms with Gasteiger partial charge in [-0.2, -0.15) is 6.07 Å².